The number of carbonyl (C=O) groups is 14. The van der Waals surface area contributed by atoms with E-state index in [9.17, 15) is 97.8 Å². The number of aliphatic carboxylic acids is 5. The zero-order chi connectivity index (χ0) is 64.0. The van der Waals surface area contributed by atoms with Crippen LogP contribution in [0.3, 0.4) is 0 Å². The van der Waals surface area contributed by atoms with E-state index in [1.807, 2.05) is 0 Å². The predicted octanol–water partition coefficient (Wildman–Crippen LogP) is -3.93. The van der Waals surface area contributed by atoms with Gasteiger partial charge in [0.05, 0.1) is 6.10 Å². The number of carboxylic acid groups (broad SMARTS) is 5. The second-order valence-corrected chi connectivity index (χ2v) is 21.4. The number of rotatable bonds is 42. The van der Waals surface area contributed by atoms with E-state index in [-0.39, 0.29) is 70.5 Å². The summed E-state index contributed by atoms with van der Waals surface area (Å²) >= 11 is 0. The van der Waals surface area contributed by atoms with E-state index in [4.69, 9.17) is 17.2 Å². The maximum Gasteiger partial charge on any atom is 0.326 e. The summed E-state index contributed by atoms with van der Waals surface area (Å²) in [4.78, 5) is 185. The van der Waals surface area contributed by atoms with Crippen LogP contribution in [-0.4, -0.2) is 205 Å². The summed E-state index contributed by atoms with van der Waals surface area (Å²) in [7, 11) is 0. The summed E-state index contributed by atoms with van der Waals surface area (Å²) in [6.45, 7) is 8.20. The quantitative estimate of drug-likeness (QED) is 0.0260. The highest BCUT2D eigenvalue weighted by Gasteiger charge is 2.40. The van der Waals surface area contributed by atoms with Crippen molar-refractivity contribution in [2.75, 3.05) is 19.6 Å². The van der Waals surface area contributed by atoms with Gasteiger partial charge in [-0.1, -0.05) is 27.7 Å². The first-order valence-corrected chi connectivity index (χ1v) is 28.0. The van der Waals surface area contributed by atoms with Crippen molar-refractivity contribution in [3.05, 3.63) is 0 Å². The number of nitrogens with one attached hydrogen (secondary N) is 8. The van der Waals surface area contributed by atoms with Gasteiger partial charge in [-0.2, -0.15) is 0 Å². The maximum atomic E-state index is 14.2. The molecular weight excluding hydrogens is 1110 g/mol. The molecule has 0 aliphatic carbocycles. The van der Waals surface area contributed by atoms with Crippen molar-refractivity contribution in [2.24, 2.45) is 29.0 Å². The van der Waals surface area contributed by atoms with Crippen molar-refractivity contribution in [1.29, 1.82) is 0 Å². The van der Waals surface area contributed by atoms with Crippen LogP contribution >= 0.6 is 0 Å². The van der Waals surface area contributed by atoms with Gasteiger partial charge in [0.15, 0.2) is 0 Å². The number of likely N-dealkylation sites (tertiary alicyclic amines) is 1. The molecule has 1 aliphatic heterocycles. The van der Waals surface area contributed by atoms with Gasteiger partial charge >= 0.3 is 29.8 Å². The SMILES string of the molecule is CC(C)C[C@H](NC(=O)[C@@H]1CCCN1C(=O)[C@@H](N)[C@@H](C)O)C(=O)N[C@@H](CCCCN)C(=O)N[C@@H](CCC(=O)O)C(=O)N[C@@H](CCC(=O)O)C(=O)N[C@@H](CCC(=O)O)C(=O)N[C@@H](CCCCN)C(=O)N[C@@H](CCC(=O)O)C(=O)N[C@H](C(=O)O)C(C)C. The van der Waals surface area contributed by atoms with Gasteiger partial charge in [0.1, 0.15) is 60.4 Å². The number of unbranched alkanes of at least 4 members (excludes halogenated alkanes) is 2. The van der Waals surface area contributed by atoms with Gasteiger partial charge in [0.2, 0.25) is 53.2 Å². The van der Waals surface area contributed by atoms with E-state index >= 15 is 0 Å². The Morgan fingerprint density at radius 1 is 0.464 bits per heavy atom. The summed E-state index contributed by atoms with van der Waals surface area (Å²) in [5.41, 5.74) is 17.2. The van der Waals surface area contributed by atoms with Gasteiger partial charge < -0.3 is 95.3 Å². The predicted molar refractivity (Wildman–Crippen MR) is 295 cm³/mol. The normalized spacial score (nSPS) is 16.6. The molecule has 0 bridgehead atoms. The van der Waals surface area contributed by atoms with Crippen molar-refractivity contribution in [3.8, 4) is 0 Å². The first-order valence-electron chi connectivity index (χ1n) is 28.0. The molecule has 0 aromatic carbocycles. The number of nitrogens with zero attached hydrogens (tertiary/aromatic N) is 1. The zero-order valence-corrected chi connectivity index (χ0v) is 48.2. The van der Waals surface area contributed by atoms with Crippen LogP contribution in [0.5, 0.6) is 0 Å². The molecule has 0 spiro atoms. The number of hydrogen-bond acceptors (Lipinski definition) is 18. The van der Waals surface area contributed by atoms with Crippen LogP contribution in [-0.2, 0) is 67.1 Å². The third kappa shape index (κ3) is 27.7. The molecule has 1 saturated heterocycles. The van der Waals surface area contributed by atoms with Gasteiger partial charge in [-0.05, 0) is 115 Å². The molecule has 1 heterocycles. The molecule has 9 amide bonds. The fourth-order valence-electron chi connectivity index (χ4n) is 8.74. The van der Waals surface area contributed by atoms with Gasteiger partial charge in [0, 0.05) is 32.2 Å². The molecule has 476 valence electrons. The zero-order valence-electron chi connectivity index (χ0n) is 48.2. The fourth-order valence-corrected chi connectivity index (χ4v) is 8.74. The van der Waals surface area contributed by atoms with E-state index in [2.05, 4.69) is 42.5 Å². The minimum absolute atomic E-state index is 0.0306. The lowest BCUT2D eigenvalue weighted by atomic mass is 10.0. The number of aliphatic hydroxyl groups excluding tert-OH is 1. The van der Waals surface area contributed by atoms with E-state index in [1.165, 1.54) is 25.7 Å². The fraction of sp³-hybridized carbons (Fsp3) is 0.731. The largest absolute Gasteiger partial charge is 0.481 e. The molecule has 0 radical (unpaired) electrons. The Hall–Kier alpha value is -7.58. The first-order chi connectivity index (χ1) is 39.3. The van der Waals surface area contributed by atoms with Crippen LogP contribution in [0.4, 0.5) is 0 Å². The first kappa shape index (κ1) is 74.4. The smallest absolute Gasteiger partial charge is 0.326 e. The van der Waals surface area contributed by atoms with Crippen molar-refractivity contribution < 1.29 is 97.8 Å². The summed E-state index contributed by atoms with van der Waals surface area (Å²) < 4.78 is 0. The Morgan fingerprint density at radius 2 is 0.786 bits per heavy atom. The lowest BCUT2D eigenvalue weighted by molar-refractivity contribution is -0.144. The van der Waals surface area contributed by atoms with Crippen LogP contribution in [0.15, 0.2) is 0 Å². The topological polar surface area (TPSA) is 538 Å². The third-order valence-electron chi connectivity index (χ3n) is 13.5. The summed E-state index contributed by atoms with van der Waals surface area (Å²) in [5, 5.41) is 76.9. The van der Waals surface area contributed by atoms with Crippen molar-refractivity contribution in [2.45, 2.75) is 210 Å². The summed E-state index contributed by atoms with van der Waals surface area (Å²) in [6.07, 6.45) is -5.58. The van der Waals surface area contributed by atoms with Gasteiger partial charge in [-0.15, -0.1) is 0 Å². The summed E-state index contributed by atoms with van der Waals surface area (Å²) in [6, 6.07) is -15.5. The van der Waals surface area contributed by atoms with Crippen molar-refractivity contribution >= 4 is 83.0 Å². The Labute approximate surface area is 486 Å². The molecule has 1 aliphatic rings. The Bertz CT molecular complexity index is 2290. The number of carboxylic acids is 5. The van der Waals surface area contributed by atoms with Gasteiger partial charge in [0.25, 0.3) is 0 Å². The van der Waals surface area contributed by atoms with Crippen molar-refractivity contribution in [3.63, 3.8) is 0 Å². The van der Waals surface area contributed by atoms with E-state index < -0.39 is 207 Å². The molecule has 0 unspecified atom stereocenters. The molecule has 32 heteroatoms. The molecule has 0 aromatic rings. The molecule has 11 atom stereocenters. The average Bonchev–Trinajstić information content (AvgIpc) is 4.16. The van der Waals surface area contributed by atoms with Crippen LogP contribution in [0.2, 0.25) is 0 Å². The second-order valence-electron chi connectivity index (χ2n) is 21.4. The van der Waals surface area contributed by atoms with Gasteiger partial charge in [-0.25, -0.2) is 4.79 Å². The molecule has 0 aromatic heterocycles. The van der Waals surface area contributed by atoms with Gasteiger partial charge in [-0.3, -0.25) is 62.3 Å². The maximum absolute atomic E-state index is 14.2. The van der Waals surface area contributed by atoms with Crippen LogP contribution in [0, 0.1) is 11.8 Å². The van der Waals surface area contributed by atoms with E-state index in [1.54, 1.807) is 13.8 Å². The lowest BCUT2D eigenvalue weighted by Crippen LogP contribution is -2.60. The third-order valence-corrected chi connectivity index (χ3v) is 13.5. The molecule has 20 N–H and O–H groups in total. The minimum Gasteiger partial charge on any atom is -0.481 e. The summed E-state index contributed by atoms with van der Waals surface area (Å²) in [5.74, 6) is -17.3. The number of aliphatic hydroxyl groups is 1. The highest BCUT2D eigenvalue weighted by atomic mass is 16.4. The molecule has 32 nitrogen and oxygen atoms in total. The highest BCUT2D eigenvalue weighted by molar-refractivity contribution is 5.99. The number of amides is 9. The minimum atomic E-state index is -1.91. The van der Waals surface area contributed by atoms with E-state index in [0.29, 0.717) is 12.8 Å². The monoisotopic (exact) mass is 1200 g/mol. The number of carbonyl (C=O) groups excluding carboxylic acids is 9. The molecule has 1 fully saturated rings. The Balaban J connectivity index is 3.64. The Kier molecular flexibility index (Phi) is 33.9. The van der Waals surface area contributed by atoms with Crippen LogP contribution in [0.1, 0.15) is 144 Å². The molecule has 0 saturated carbocycles. The standard InChI is InChI=1S/C52H88N12O20/c1-26(2)25-35(62-50(81)36-13-10-24-64(36)51(82)41(55)28(5)65)49(80)57-30(12-7-9-23-54)44(75)58-32(15-19-38(68)69)46(77)60-33(16-20-39(70)71)47(78)59-31(14-18-37(66)67)45(76)56-29(11-6-8-22-53)43(74)61-34(17-21-40(72)73)48(79)63-42(27(3)4)52(83)84/h26-36,41-42,65H,6-25,53-55H2,1-5H3,(H,56,76)(H,57,80)(H,58,75)(H,59,78)(H,60,77)(H,61,74)(H,62,81)(H,63,79)(H,66,67)(H,68,69)(H,70,71)(H,72,73)(H,83,84)/t28-,29+,30+,31+,32+,33+,34+,35+,36+,41+,42+/m1/s1. The average molecular weight is 1200 g/mol. The second kappa shape index (κ2) is 38.3. The van der Waals surface area contributed by atoms with E-state index in [0.717, 1.165) is 0 Å². The number of nitrogens with two attached hydrogens (primary N) is 3. The van der Waals surface area contributed by atoms with Crippen LogP contribution < -0.4 is 59.7 Å². The molecular formula is C52H88N12O20. The highest BCUT2D eigenvalue weighted by Crippen LogP contribution is 2.20. The number of hydrogen-bond donors (Lipinski definition) is 17. The van der Waals surface area contributed by atoms with Crippen molar-refractivity contribution in [1.82, 2.24) is 47.4 Å². The molecule has 84 heavy (non-hydrogen) atoms. The Morgan fingerprint density at radius 3 is 1.07 bits per heavy atom. The lowest BCUT2D eigenvalue weighted by Gasteiger charge is -2.30. The molecule has 1 rings (SSSR count). The van der Waals surface area contributed by atoms with Crippen LogP contribution in [0.25, 0.3) is 0 Å².